The molecule has 0 fully saturated rings. The summed E-state index contributed by atoms with van der Waals surface area (Å²) < 4.78 is 0. The van der Waals surface area contributed by atoms with Crippen molar-refractivity contribution in [3.05, 3.63) is 65.9 Å². The molecule has 0 spiro atoms. The van der Waals surface area contributed by atoms with Gasteiger partial charge < -0.3 is 11.1 Å². The fourth-order valence-electron chi connectivity index (χ4n) is 2.77. The second-order valence-corrected chi connectivity index (χ2v) is 5.86. The highest BCUT2D eigenvalue weighted by Gasteiger charge is 2.17. The smallest absolute Gasteiger partial charge is 0.274 e. The van der Waals surface area contributed by atoms with Crippen LogP contribution < -0.4 is 11.1 Å². The van der Waals surface area contributed by atoms with E-state index >= 15 is 0 Å². The maximum absolute atomic E-state index is 12.6. The minimum absolute atomic E-state index is 0.0152. The maximum Gasteiger partial charge on any atom is 0.274 e. The summed E-state index contributed by atoms with van der Waals surface area (Å²) in [7, 11) is 0. The van der Waals surface area contributed by atoms with E-state index in [1.165, 1.54) is 17.2 Å². The lowest BCUT2D eigenvalue weighted by Crippen LogP contribution is -2.26. The molecule has 4 rings (SSSR count). The van der Waals surface area contributed by atoms with Crippen LogP contribution in [0.1, 0.15) is 21.7 Å². The van der Waals surface area contributed by atoms with Crippen LogP contribution >= 0.6 is 0 Å². The average molecular weight is 360 g/mol. The lowest BCUT2D eigenvalue weighted by molar-refractivity contribution is 0.0946. The summed E-state index contributed by atoms with van der Waals surface area (Å²) in [6.07, 6.45) is 4.77. The standard InChI is InChI=1S/C18H16N8O/c1-11-17(26-22-8-9-23-26)25-16(19)15(24-11)18(27)21-10-13-5-2-4-12-6-3-7-20-14(12)13/h2-9H,10H2,1H3,(H2,19,25)(H,21,27). The number of hydrogen-bond acceptors (Lipinski definition) is 7. The van der Waals surface area contributed by atoms with Crippen LogP contribution in [0.25, 0.3) is 16.7 Å². The number of nitrogens with two attached hydrogens (primary N) is 1. The van der Waals surface area contributed by atoms with E-state index in [1.807, 2.05) is 30.3 Å². The number of nitrogens with one attached hydrogen (secondary N) is 1. The molecule has 1 aromatic carbocycles. The van der Waals surface area contributed by atoms with Crippen molar-refractivity contribution in [2.75, 3.05) is 5.73 Å². The number of rotatable bonds is 4. The van der Waals surface area contributed by atoms with Gasteiger partial charge in [-0.15, -0.1) is 4.80 Å². The molecule has 27 heavy (non-hydrogen) atoms. The number of fused-ring (bicyclic) bond motifs is 1. The number of pyridine rings is 1. The predicted molar refractivity (Wildman–Crippen MR) is 99.0 cm³/mol. The largest absolute Gasteiger partial charge is 0.382 e. The van der Waals surface area contributed by atoms with Crippen LogP contribution in [0, 0.1) is 6.92 Å². The molecule has 0 aliphatic carbocycles. The first-order valence-corrected chi connectivity index (χ1v) is 8.25. The third-order valence-electron chi connectivity index (χ3n) is 4.05. The minimum atomic E-state index is -0.406. The van der Waals surface area contributed by atoms with Crippen molar-refractivity contribution in [1.29, 1.82) is 0 Å². The second-order valence-electron chi connectivity index (χ2n) is 5.86. The normalized spacial score (nSPS) is 10.9. The molecule has 3 aromatic heterocycles. The van der Waals surface area contributed by atoms with Gasteiger partial charge >= 0.3 is 0 Å². The molecule has 0 saturated heterocycles. The Labute approximate surface area is 154 Å². The number of nitrogens with zero attached hydrogens (tertiary/aromatic N) is 6. The van der Waals surface area contributed by atoms with E-state index in [4.69, 9.17) is 5.73 Å². The average Bonchev–Trinajstić information content (AvgIpc) is 3.22. The molecule has 9 nitrogen and oxygen atoms in total. The molecule has 0 bridgehead atoms. The molecule has 0 radical (unpaired) electrons. The SMILES string of the molecule is Cc1nc(C(=O)NCc2cccc3cccnc23)c(N)nc1-n1nccn1. The number of carbonyl (C=O) groups excluding carboxylic acids is 1. The zero-order chi connectivity index (χ0) is 18.8. The number of aryl methyl sites for hydroxylation is 1. The van der Waals surface area contributed by atoms with E-state index in [0.717, 1.165) is 16.5 Å². The van der Waals surface area contributed by atoms with Gasteiger partial charge in [-0.2, -0.15) is 10.2 Å². The van der Waals surface area contributed by atoms with Crippen LogP contribution in [0.2, 0.25) is 0 Å². The minimum Gasteiger partial charge on any atom is -0.382 e. The zero-order valence-electron chi connectivity index (χ0n) is 14.5. The zero-order valence-corrected chi connectivity index (χ0v) is 14.5. The first-order valence-electron chi connectivity index (χ1n) is 8.25. The van der Waals surface area contributed by atoms with Crippen LogP contribution in [0.4, 0.5) is 5.82 Å². The molecule has 134 valence electrons. The van der Waals surface area contributed by atoms with Crippen molar-refractivity contribution in [2.24, 2.45) is 0 Å². The summed E-state index contributed by atoms with van der Waals surface area (Å²) in [5.74, 6) is -0.00948. The molecular formula is C18H16N8O. The number of benzene rings is 1. The van der Waals surface area contributed by atoms with Crippen molar-refractivity contribution in [3.63, 3.8) is 0 Å². The highest BCUT2D eigenvalue weighted by atomic mass is 16.1. The highest BCUT2D eigenvalue weighted by molar-refractivity contribution is 5.96. The third-order valence-corrected chi connectivity index (χ3v) is 4.05. The van der Waals surface area contributed by atoms with Gasteiger partial charge in [0.15, 0.2) is 17.3 Å². The number of anilines is 1. The Bertz CT molecular complexity index is 1120. The van der Waals surface area contributed by atoms with Gasteiger partial charge in [0.1, 0.15) is 0 Å². The van der Waals surface area contributed by atoms with E-state index in [0.29, 0.717) is 18.1 Å². The van der Waals surface area contributed by atoms with Crippen LogP contribution in [0.15, 0.2) is 48.9 Å². The number of para-hydroxylation sites is 1. The Kier molecular flexibility index (Phi) is 4.17. The molecule has 1 amide bonds. The van der Waals surface area contributed by atoms with Crippen molar-refractivity contribution in [2.45, 2.75) is 13.5 Å². The van der Waals surface area contributed by atoms with E-state index in [9.17, 15) is 4.79 Å². The molecule has 0 aliphatic rings. The molecule has 0 saturated carbocycles. The number of carbonyl (C=O) groups is 1. The van der Waals surface area contributed by atoms with Crippen LogP contribution in [0.3, 0.4) is 0 Å². The Balaban J connectivity index is 1.57. The summed E-state index contributed by atoms with van der Waals surface area (Å²) >= 11 is 0. The van der Waals surface area contributed by atoms with Gasteiger partial charge in [0, 0.05) is 18.1 Å². The van der Waals surface area contributed by atoms with Gasteiger partial charge in [-0.1, -0.05) is 24.3 Å². The number of nitrogen functional groups attached to an aromatic ring is 1. The summed E-state index contributed by atoms with van der Waals surface area (Å²) in [6.45, 7) is 2.02. The van der Waals surface area contributed by atoms with E-state index in [-0.39, 0.29) is 11.5 Å². The van der Waals surface area contributed by atoms with Crippen molar-refractivity contribution in [3.8, 4) is 5.82 Å². The first-order chi connectivity index (χ1) is 13.1. The number of hydrogen-bond donors (Lipinski definition) is 2. The van der Waals surface area contributed by atoms with Gasteiger partial charge in [0.2, 0.25) is 0 Å². The summed E-state index contributed by atoms with van der Waals surface area (Å²) in [5, 5.41) is 11.9. The van der Waals surface area contributed by atoms with Crippen LogP contribution in [-0.4, -0.2) is 35.9 Å². The van der Waals surface area contributed by atoms with Gasteiger partial charge in [-0.25, -0.2) is 9.97 Å². The Morgan fingerprint density at radius 2 is 1.89 bits per heavy atom. The van der Waals surface area contributed by atoms with Crippen molar-refractivity contribution < 1.29 is 4.79 Å². The summed E-state index contributed by atoms with van der Waals surface area (Å²) in [6, 6.07) is 9.67. The van der Waals surface area contributed by atoms with Gasteiger partial charge in [-0.05, 0) is 18.6 Å². The molecular weight excluding hydrogens is 344 g/mol. The topological polar surface area (TPSA) is 124 Å². The fourth-order valence-corrected chi connectivity index (χ4v) is 2.77. The maximum atomic E-state index is 12.6. The van der Waals surface area contributed by atoms with E-state index in [2.05, 4.69) is 30.5 Å². The van der Waals surface area contributed by atoms with Crippen LogP contribution in [-0.2, 0) is 6.54 Å². The van der Waals surface area contributed by atoms with Gasteiger partial charge in [0.05, 0.1) is 23.6 Å². The van der Waals surface area contributed by atoms with E-state index < -0.39 is 5.91 Å². The number of aromatic nitrogens is 6. The fraction of sp³-hybridized carbons (Fsp3) is 0.111. The lowest BCUT2D eigenvalue weighted by Gasteiger charge is -2.10. The summed E-state index contributed by atoms with van der Waals surface area (Å²) in [4.78, 5) is 26.8. The molecule has 0 atom stereocenters. The highest BCUT2D eigenvalue weighted by Crippen LogP contribution is 2.17. The monoisotopic (exact) mass is 360 g/mol. The predicted octanol–water partition coefficient (Wildman–Crippen LogP) is 1.43. The molecule has 3 heterocycles. The molecule has 9 heteroatoms. The lowest BCUT2D eigenvalue weighted by atomic mass is 10.1. The van der Waals surface area contributed by atoms with Gasteiger partial charge in [0.25, 0.3) is 5.91 Å². The van der Waals surface area contributed by atoms with Crippen molar-refractivity contribution >= 4 is 22.6 Å². The second kappa shape index (κ2) is 6.79. The van der Waals surface area contributed by atoms with E-state index in [1.54, 1.807) is 13.1 Å². The molecule has 4 aromatic rings. The molecule has 0 aliphatic heterocycles. The Morgan fingerprint density at radius 1 is 1.11 bits per heavy atom. The van der Waals surface area contributed by atoms with Gasteiger partial charge in [-0.3, -0.25) is 9.78 Å². The Hall–Kier alpha value is -3.88. The number of amides is 1. The third kappa shape index (κ3) is 3.17. The first kappa shape index (κ1) is 16.6. The summed E-state index contributed by atoms with van der Waals surface area (Å²) in [5.41, 5.74) is 8.25. The molecule has 3 N–H and O–H groups in total. The van der Waals surface area contributed by atoms with Crippen molar-refractivity contribution in [1.82, 2.24) is 35.3 Å². The Morgan fingerprint density at radius 3 is 2.70 bits per heavy atom. The quantitative estimate of drug-likeness (QED) is 0.564. The molecule has 0 unspecified atom stereocenters. The van der Waals surface area contributed by atoms with Crippen LogP contribution in [0.5, 0.6) is 0 Å².